The first-order valence-corrected chi connectivity index (χ1v) is 6.05. The number of fused-ring (bicyclic) bond motifs is 1. The first-order valence-electron chi connectivity index (χ1n) is 6.05. The van der Waals surface area contributed by atoms with Crippen LogP contribution in [0.3, 0.4) is 0 Å². The number of hydrogen-bond acceptors (Lipinski definition) is 4. The second-order valence-corrected chi connectivity index (χ2v) is 4.34. The van der Waals surface area contributed by atoms with Crippen LogP contribution in [0.25, 0.3) is 0 Å². The van der Waals surface area contributed by atoms with Gasteiger partial charge >= 0.3 is 0 Å². The molecule has 2 heterocycles. The second kappa shape index (κ2) is 5.20. The van der Waals surface area contributed by atoms with Gasteiger partial charge in [0.2, 0.25) is 0 Å². The molecule has 2 aliphatic heterocycles. The number of hydrogen-bond donors (Lipinski definition) is 0. The highest BCUT2D eigenvalue weighted by Gasteiger charge is 2.35. The third-order valence-electron chi connectivity index (χ3n) is 3.13. The third-order valence-corrected chi connectivity index (χ3v) is 3.13. The van der Waals surface area contributed by atoms with E-state index in [1.165, 1.54) is 0 Å². The molecule has 0 aromatic heterocycles. The van der Waals surface area contributed by atoms with Gasteiger partial charge in [-0.2, -0.15) is 0 Å². The van der Waals surface area contributed by atoms with Crippen LogP contribution >= 0.6 is 0 Å². The molecule has 0 bridgehead atoms. The average molecular weight is 248 g/mol. The SMILES string of the molecule is COC1C=C[C@@H]2OC(c3ccccc3)OC[C@H]2O1. The minimum absolute atomic E-state index is 0.0737. The molecular weight excluding hydrogens is 232 g/mol. The molecule has 4 heteroatoms. The van der Waals surface area contributed by atoms with Crippen molar-refractivity contribution >= 4 is 0 Å². The van der Waals surface area contributed by atoms with E-state index in [0.717, 1.165) is 5.56 Å². The van der Waals surface area contributed by atoms with Crippen molar-refractivity contribution in [1.29, 1.82) is 0 Å². The lowest BCUT2D eigenvalue weighted by Gasteiger charge is -2.38. The first kappa shape index (κ1) is 11.9. The van der Waals surface area contributed by atoms with Gasteiger partial charge in [-0.15, -0.1) is 0 Å². The van der Waals surface area contributed by atoms with Crippen LogP contribution in [0.4, 0.5) is 0 Å². The normalized spacial score (nSPS) is 35.2. The van der Waals surface area contributed by atoms with Crippen LogP contribution in [0.15, 0.2) is 42.5 Å². The van der Waals surface area contributed by atoms with Crippen molar-refractivity contribution < 1.29 is 18.9 Å². The monoisotopic (exact) mass is 248 g/mol. The average Bonchev–Trinajstić information content (AvgIpc) is 2.47. The van der Waals surface area contributed by atoms with E-state index in [2.05, 4.69) is 0 Å². The van der Waals surface area contributed by atoms with Crippen LogP contribution in [-0.4, -0.2) is 32.2 Å². The van der Waals surface area contributed by atoms with E-state index in [4.69, 9.17) is 18.9 Å². The van der Waals surface area contributed by atoms with Crippen LogP contribution in [0.1, 0.15) is 11.9 Å². The lowest BCUT2D eigenvalue weighted by molar-refractivity contribution is -0.280. The Bertz CT molecular complexity index is 417. The maximum Gasteiger partial charge on any atom is 0.184 e. The number of methoxy groups -OCH3 is 1. The zero-order valence-corrected chi connectivity index (χ0v) is 10.2. The Morgan fingerprint density at radius 3 is 2.72 bits per heavy atom. The number of benzene rings is 1. The van der Waals surface area contributed by atoms with Crippen molar-refractivity contribution in [3.05, 3.63) is 48.0 Å². The highest BCUT2D eigenvalue weighted by Crippen LogP contribution is 2.30. The smallest absolute Gasteiger partial charge is 0.184 e. The van der Waals surface area contributed by atoms with Gasteiger partial charge in [-0.05, 0) is 6.08 Å². The Labute approximate surface area is 106 Å². The van der Waals surface area contributed by atoms with Gasteiger partial charge in [-0.3, -0.25) is 0 Å². The molecule has 2 unspecified atom stereocenters. The van der Waals surface area contributed by atoms with E-state index >= 15 is 0 Å². The molecule has 96 valence electrons. The molecule has 0 saturated carbocycles. The Hall–Kier alpha value is -1.20. The summed E-state index contributed by atoms with van der Waals surface area (Å²) < 4.78 is 22.4. The van der Waals surface area contributed by atoms with Gasteiger partial charge in [0, 0.05) is 12.7 Å². The summed E-state index contributed by atoms with van der Waals surface area (Å²) in [6, 6.07) is 9.92. The van der Waals surface area contributed by atoms with Crippen LogP contribution in [0.5, 0.6) is 0 Å². The fourth-order valence-electron chi connectivity index (χ4n) is 2.17. The maximum absolute atomic E-state index is 5.88. The van der Waals surface area contributed by atoms with Gasteiger partial charge in [-0.25, -0.2) is 0 Å². The largest absolute Gasteiger partial charge is 0.352 e. The predicted octanol–water partition coefficient (Wildman–Crippen LogP) is 2.03. The second-order valence-electron chi connectivity index (χ2n) is 4.34. The molecule has 0 N–H and O–H groups in total. The van der Waals surface area contributed by atoms with E-state index in [1.807, 2.05) is 42.5 Å². The molecule has 18 heavy (non-hydrogen) atoms. The molecule has 0 radical (unpaired) electrons. The lowest BCUT2D eigenvalue weighted by atomic mass is 10.1. The fourth-order valence-corrected chi connectivity index (χ4v) is 2.17. The number of ether oxygens (including phenoxy) is 4. The molecule has 2 aliphatic rings. The van der Waals surface area contributed by atoms with Crippen molar-refractivity contribution in [2.75, 3.05) is 13.7 Å². The quantitative estimate of drug-likeness (QED) is 0.750. The van der Waals surface area contributed by atoms with E-state index in [9.17, 15) is 0 Å². The summed E-state index contributed by atoms with van der Waals surface area (Å²) in [5.41, 5.74) is 1.03. The van der Waals surface area contributed by atoms with Crippen LogP contribution in [0.2, 0.25) is 0 Å². The van der Waals surface area contributed by atoms with Crippen molar-refractivity contribution in [3.8, 4) is 0 Å². The van der Waals surface area contributed by atoms with Crippen molar-refractivity contribution in [2.45, 2.75) is 24.8 Å². The van der Waals surface area contributed by atoms with Crippen LogP contribution < -0.4 is 0 Å². The zero-order chi connectivity index (χ0) is 12.4. The van der Waals surface area contributed by atoms with Gasteiger partial charge in [0.25, 0.3) is 0 Å². The Morgan fingerprint density at radius 2 is 1.94 bits per heavy atom. The number of rotatable bonds is 2. The van der Waals surface area contributed by atoms with Crippen molar-refractivity contribution in [2.24, 2.45) is 0 Å². The van der Waals surface area contributed by atoms with Crippen molar-refractivity contribution in [1.82, 2.24) is 0 Å². The molecule has 1 fully saturated rings. The highest BCUT2D eigenvalue weighted by molar-refractivity contribution is 5.17. The van der Waals surface area contributed by atoms with Crippen LogP contribution in [0, 0.1) is 0 Å². The molecule has 1 aromatic rings. The summed E-state index contributed by atoms with van der Waals surface area (Å²) >= 11 is 0. The Kier molecular flexibility index (Phi) is 3.43. The molecule has 1 saturated heterocycles. The zero-order valence-electron chi connectivity index (χ0n) is 10.2. The topological polar surface area (TPSA) is 36.9 Å². The highest BCUT2D eigenvalue weighted by atomic mass is 16.7. The Balaban J connectivity index is 1.71. The van der Waals surface area contributed by atoms with E-state index < -0.39 is 0 Å². The van der Waals surface area contributed by atoms with E-state index in [-0.39, 0.29) is 24.8 Å². The van der Waals surface area contributed by atoms with E-state index in [0.29, 0.717) is 6.61 Å². The third kappa shape index (κ3) is 2.33. The molecule has 4 nitrogen and oxygen atoms in total. The predicted molar refractivity (Wildman–Crippen MR) is 64.8 cm³/mol. The van der Waals surface area contributed by atoms with Gasteiger partial charge in [0.15, 0.2) is 12.6 Å². The summed E-state index contributed by atoms with van der Waals surface area (Å²) in [5, 5.41) is 0. The summed E-state index contributed by atoms with van der Waals surface area (Å²) in [5.74, 6) is 0. The lowest BCUT2D eigenvalue weighted by Crippen LogP contribution is -2.45. The summed E-state index contributed by atoms with van der Waals surface area (Å²) in [6.45, 7) is 0.508. The maximum atomic E-state index is 5.88. The fraction of sp³-hybridized carbons (Fsp3) is 0.429. The first-order chi connectivity index (χ1) is 8.86. The molecule has 3 rings (SSSR count). The summed E-state index contributed by atoms with van der Waals surface area (Å²) in [4.78, 5) is 0. The van der Waals surface area contributed by atoms with Gasteiger partial charge < -0.3 is 18.9 Å². The minimum Gasteiger partial charge on any atom is -0.352 e. The minimum atomic E-state index is -0.320. The van der Waals surface area contributed by atoms with Crippen molar-refractivity contribution in [3.63, 3.8) is 0 Å². The molecular formula is C14H16O4. The molecule has 4 atom stereocenters. The summed E-state index contributed by atoms with van der Waals surface area (Å²) in [7, 11) is 1.62. The molecule has 0 spiro atoms. The summed E-state index contributed by atoms with van der Waals surface area (Å²) in [6.07, 6.45) is 3.07. The Morgan fingerprint density at radius 1 is 1.11 bits per heavy atom. The molecule has 0 aliphatic carbocycles. The molecule has 1 aromatic carbocycles. The van der Waals surface area contributed by atoms with Gasteiger partial charge in [-0.1, -0.05) is 36.4 Å². The van der Waals surface area contributed by atoms with E-state index in [1.54, 1.807) is 7.11 Å². The van der Waals surface area contributed by atoms with Crippen LogP contribution in [-0.2, 0) is 18.9 Å². The molecule has 0 amide bonds. The standard InChI is InChI=1S/C14H16O4/c1-15-13-8-7-11-12(17-13)9-16-14(18-11)10-5-3-2-4-6-10/h2-8,11-14H,9H2,1H3/t11-,12+,13?,14?/m0/s1. The van der Waals surface area contributed by atoms with Gasteiger partial charge in [0.05, 0.1) is 6.61 Å². The van der Waals surface area contributed by atoms with Gasteiger partial charge in [0.1, 0.15) is 12.2 Å².